The Kier molecular flexibility index (Phi) is 6.15. The molecule has 3 atom stereocenters. The van der Waals surface area contributed by atoms with Gasteiger partial charge in [0.2, 0.25) is 0 Å². The van der Waals surface area contributed by atoms with Crippen molar-refractivity contribution in [3.63, 3.8) is 0 Å². The van der Waals surface area contributed by atoms with Crippen LogP contribution in [0, 0.1) is 11.7 Å². The highest BCUT2D eigenvalue weighted by Gasteiger charge is 2.23. The maximum absolute atomic E-state index is 13.8. The average Bonchev–Trinajstić information content (AvgIpc) is 2.99. The maximum Gasteiger partial charge on any atom is 0.127 e. The standard InChI is InChI=1S/C17H27FN2O/c1-3-20(12-14-7-6-10-21-14)11-13(2)17(19)15-8-4-5-9-16(15)18/h4-5,8-9,13-14,17H,3,6-7,10-12,19H2,1-2H3. The summed E-state index contributed by atoms with van der Waals surface area (Å²) in [6, 6.07) is 6.53. The van der Waals surface area contributed by atoms with Gasteiger partial charge in [-0.05, 0) is 31.4 Å². The summed E-state index contributed by atoms with van der Waals surface area (Å²) in [5.74, 6) is -0.0118. The molecule has 0 saturated carbocycles. The molecular formula is C17H27FN2O. The highest BCUT2D eigenvalue weighted by molar-refractivity contribution is 5.21. The first-order chi connectivity index (χ1) is 10.1. The van der Waals surface area contributed by atoms with Gasteiger partial charge in [-0.25, -0.2) is 4.39 Å². The molecule has 2 N–H and O–H groups in total. The van der Waals surface area contributed by atoms with E-state index in [1.807, 2.05) is 6.07 Å². The minimum atomic E-state index is -0.273. The second-order valence-corrected chi connectivity index (χ2v) is 6.01. The molecule has 0 bridgehead atoms. The number of benzene rings is 1. The number of halogens is 1. The first kappa shape index (κ1) is 16.4. The third-order valence-electron chi connectivity index (χ3n) is 4.36. The van der Waals surface area contributed by atoms with Crippen molar-refractivity contribution in [2.24, 2.45) is 11.7 Å². The number of hydrogen-bond donors (Lipinski definition) is 1. The van der Waals surface area contributed by atoms with Gasteiger partial charge in [0.1, 0.15) is 5.82 Å². The van der Waals surface area contributed by atoms with E-state index in [1.54, 1.807) is 12.1 Å². The minimum absolute atomic E-state index is 0.197. The maximum atomic E-state index is 13.8. The number of hydrogen-bond acceptors (Lipinski definition) is 3. The van der Waals surface area contributed by atoms with Gasteiger partial charge in [0.15, 0.2) is 0 Å². The smallest absolute Gasteiger partial charge is 0.127 e. The summed E-state index contributed by atoms with van der Waals surface area (Å²) in [4.78, 5) is 2.36. The Morgan fingerprint density at radius 2 is 2.19 bits per heavy atom. The van der Waals surface area contributed by atoms with E-state index in [0.717, 1.165) is 39.1 Å². The zero-order valence-corrected chi connectivity index (χ0v) is 13.1. The van der Waals surface area contributed by atoms with Crippen LogP contribution in [0.1, 0.15) is 38.3 Å². The van der Waals surface area contributed by atoms with E-state index in [4.69, 9.17) is 10.5 Å². The molecule has 3 nitrogen and oxygen atoms in total. The molecule has 2 rings (SSSR count). The van der Waals surface area contributed by atoms with E-state index in [2.05, 4.69) is 18.7 Å². The number of likely N-dealkylation sites (N-methyl/N-ethyl adjacent to an activating group) is 1. The van der Waals surface area contributed by atoms with E-state index in [9.17, 15) is 4.39 Å². The fourth-order valence-electron chi connectivity index (χ4n) is 2.98. The number of nitrogens with two attached hydrogens (primary N) is 1. The van der Waals surface area contributed by atoms with E-state index in [0.29, 0.717) is 11.7 Å². The lowest BCUT2D eigenvalue weighted by Gasteiger charge is -2.29. The highest BCUT2D eigenvalue weighted by Crippen LogP contribution is 2.23. The summed E-state index contributed by atoms with van der Waals surface area (Å²) in [6.45, 7) is 7.91. The molecule has 1 saturated heterocycles. The van der Waals surface area contributed by atoms with Gasteiger partial charge in [-0.1, -0.05) is 32.0 Å². The van der Waals surface area contributed by atoms with Crippen molar-refractivity contribution < 1.29 is 9.13 Å². The molecular weight excluding hydrogens is 267 g/mol. The van der Waals surface area contributed by atoms with Crippen LogP contribution >= 0.6 is 0 Å². The summed E-state index contributed by atoms with van der Waals surface area (Å²) < 4.78 is 19.5. The molecule has 1 aliphatic rings. The van der Waals surface area contributed by atoms with Gasteiger partial charge >= 0.3 is 0 Å². The molecule has 1 aromatic rings. The Morgan fingerprint density at radius 3 is 2.81 bits per heavy atom. The van der Waals surface area contributed by atoms with Crippen LogP contribution in [-0.4, -0.2) is 37.2 Å². The van der Waals surface area contributed by atoms with Crippen LogP contribution in [0.25, 0.3) is 0 Å². The van der Waals surface area contributed by atoms with Crippen LogP contribution in [0.3, 0.4) is 0 Å². The molecule has 1 aliphatic heterocycles. The Labute approximate surface area is 127 Å². The van der Waals surface area contributed by atoms with Gasteiger partial charge in [0.05, 0.1) is 6.10 Å². The molecule has 1 fully saturated rings. The Bertz CT molecular complexity index is 435. The zero-order valence-electron chi connectivity index (χ0n) is 13.1. The summed E-state index contributed by atoms with van der Waals surface area (Å²) in [7, 11) is 0. The summed E-state index contributed by atoms with van der Waals surface area (Å²) >= 11 is 0. The van der Waals surface area contributed by atoms with Gasteiger partial charge in [-0.3, -0.25) is 0 Å². The predicted molar refractivity (Wildman–Crippen MR) is 83.6 cm³/mol. The largest absolute Gasteiger partial charge is 0.377 e. The second kappa shape index (κ2) is 7.87. The van der Waals surface area contributed by atoms with E-state index in [1.165, 1.54) is 6.07 Å². The molecule has 118 valence electrons. The van der Waals surface area contributed by atoms with E-state index >= 15 is 0 Å². The number of rotatable bonds is 7. The molecule has 0 spiro atoms. The molecule has 1 heterocycles. The second-order valence-electron chi connectivity index (χ2n) is 6.01. The highest BCUT2D eigenvalue weighted by atomic mass is 19.1. The van der Waals surface area contributed by atoms with Crippen LogP contribution in [-0.2, 0) is 4.74 Å². The molecule has 4 heteroatoms. The molecule has 1 aromatic carbocycles. The minimum Gasteiger partial charge on any atom is -0.377 e. The van der Waals surface area contributed by atoms with Gasteiger partial charge in [0, 0.05) is 31.3 Å². The van der Waals surface area contributed by atoms with Gasteiger partial charge in [0.25, 0.3) is 0 Å². The predicted octanol–water partition coefficient (Wildman–Crippen LogP) is 2.96. The Morgan fingerprint density at radius 1 is 1.43 bits per heavy atom. The number of ether oxygens (including phenoxy) is 1. The molecule has 0 radical (unpaired) electrons. The molecule has 3 unspecified atom stereocenters. The van der Waals surface area contributed by atoms with Gasteiger partial charge in [-0.15, -0.1) is 0 Å². The topological polar surface area (TPSA) is 38.5 Å². The van der Waals surface area contributed by atoms with Crippen molar-refractivity contribution in [3.05, 3.63) is 35.6 Å². The van der Waals surface area contributed by atoms with Crippen molar-refractivity contribution in [1.82, 2.24) is 4.90 Å². The van der Waals surface area contributed by atoms with E-state index < -0.39 is 0 Å². The van der Waals surface area contributed by atoms with Gasteiger partial charge < -0.3 is 15.4 Å². The summed E-state index contributed by atoms with van der Waals surface area (Å²) in [6.07, 6.45) is 2.65. The Hall–Kier alpha value is -0.970. The lowest BCUT2D eigenvalue weighted by Crippen LogP contribution is -2.38. The monoisotopic (exact) mass is 294 g/mol. The molecule has 21 heavy (non-hydrogen) atoms. The number of nitrogens with zero attached hydrogens (tertiary/aromatic N) is 1. The van der Waals surface area contributed by atoms with Crippen molar-refractivity contribution in [2.45, 2.75) is 38.8 Å². The van der Waals surface area contributed by atoms with Crippen LogP contribution < -0.4 is 5.73 Å². The lowest BCUT2D eigenvalue weighted by atomic mass is 9.94. The molecule has 0 amide bonds. The molecule has 0 aliphatic carbocycles. The quantitative estimate of drug-likeness (QED) is 0.840. The van der Waals surface area contributed by atoms with Crippen LogP contribution in [0.5, 0.6) is 0 Å². The van der Waals surface area contributed by atoms with Gasteiger partial charge in [-0.2, -0.15) is 0 Å². The summed E-state index contributed by atoms with van der Waals surface area (Å²) in [5, 5.41) is 0. The third kappa shape index (κ3) is 4.50. The molecule has 0 aromatic heterocycles. The van der Waals surface area contributed by atoms with Crippen molar-refractivity contribution in [2.75, 3.05) is 26.2 Å². The summed E-state index contributed by atoms with van der Waals surface area (Å²) in [5.41, 5.74) is 6.86. The van der Waals surface area contributed by atoms with Crippen molar-refractivity contribution in [3.8, 4) is 0 Å². The van der Waals surface area contributed by atoms with E-state index in [-0.39, 0.29) is 17.8 Å². The van der Waals surface area contributed by atoms with Crippen molar-refractivity contribution in [1.29, 1.82) is 0 Å². The SMILES string of the molecule is CCN(CC1CCCO1)CC(C)C(N)c1ccccc1F. The van der Waals surface area contributed by atoms with Crippen LogP contribution in [0.4, 0.5) is 4.39 Å². The van der Waals surface area contributed by atoms with Crippen LogP contribution in [0.15, 0.2) is 24.3 Å². The van der Waals surface area contributed by atoms with Crippen LogP contribution in [0.2, 0.25) is 0 Å². The fraction of sp³-hybridized carbons (Fsp3) is 0.647. The average molecular weight is 294 g/mol. The Balaban J connectivity index is 1.92. The lowest BCUT2D eigenvalue weighted by molar-refractivity contribution is 0.0687. The zero-order chi connectivity index (χ0) is 15.2. The fourth-order valence-corrected chi connectivity index (χ4v) is 2.98. The van der Waals surface area contributed by atoms with Crippen molar-refractivity contribution >= 4 is 0 Å². The normalized spacial score (nSPS) is 21.7. The first-order valence-corrected chi connectivity index (χ1v) is 7.95. The first-order valence-electron chi connectivity index (χ1n) is 7.95. The third-order valence-corrected chi connectivity index (χ3v) is 4.36.